The minimum absolute atomic E-state index is 0.144. The molecule has 0 spiro atoms. The van der Waals surface area contributed by atoms with E-state index >= 15 is 0 Å². The van der Waals surface area contributed by atoms with Crippen LogP contribution in [0.2, 0.25) is 0 Å². The first-order valence-electron chi connectivity index (χ1n) is 9.57. The number of fused-ring (bicyclic) bond motifs is 1. The molecule has 0 unspecified atom stereocenters. The molecule has 0 saturated carbocycles. The van der Waals surface area contributed by atoms with E-state index in [0.29, 0.717) is 13.2 Å². The number of β-amino-alcohol motifs (C(OH)–C–C–N with tert-alkyl or cyclic N) is 1. The smallest absolute Gasteiger partial charge is 0.0900 e. The summed E-state index contributed by atoms with van der Waals surface area (Å²) in [7, 11) is 1.75. The van der Waals surface area contributed by atoms with Gasteiger partial charge in [-0.25, -0.2) is 0 Å². The lowest BCUT2D eigenvalue weighted by Crippen LogP contribution is -2.49. The number of rotatable bonds is 8. The topological polar surface area (TPSA) is 45.2 Å². The van der Waals surface area contributed by atoms with E-state index in [0.717, 1.165) is 52.2 Å². The van der Waals surface area contributed by atoms with Crippen LogP contribution < -0.4 is 0 Å². The Bertz CT molecular complexity index is 517. The molecule has 1 fully saturated rings. The molecule has 0 radical (unpaired) electrons. The molecule has 1 aliphatic carbocycles. The number of nitrogens with zero attached hydrogens (tertiary/aromatic N) is 2. The third kappa shape index (κ3) is 5.50. The Morgan fingerprint density at radius 1 is 1.16 bits per heavy atom. The summed E-state index contributed by atoms with van der Waals surface area (Å²) >= 11 is 0. The molecule has 2 atom stereocenters. The van der Waals surface area contributed by atoms with Gasteiger partial charge < -0.3 is 14.6 Å². The zero-order valence-electron chi connectivity index (χ0n) is 15.4. The van der Waals surface area contributed by atoms with Crippen molar-refractivity contribution in [3.8, 4) is 0 Å². The lowest BCUT2D eigenvalue weighted by Gasteiger charge is -2.35. The summed E-state index contributed by atoms with van der Waals surface area (Å²) in [5.74, 6) is 0. The molecule has 1 heterocycles. The maximum atomic E-state index is 10.4. The fourth-order valence-corrected chi connectivity index (χ4v) is 3.88. The highest BCUT2D eigenvalue weighted by molar-refractivity contribution is 5.31. The van der Waals surface area contributed by atoms with Gasteiger partial charge in [-0.05, 0) is 30.4 Å². The summed E-state index contributed by atoms with van der Waals surface area (Å²) < 4.78 is 11.2. The van der Waals surface area contributed by atoms with Gasteiger partial charge in [0.1, 0.15) is 0 Å². The van der Waals surface area contributed by atoms with Gasteiger partial charge >= 0.3 is 0 Å². The third-order valence-corrected chi connectivity index (χ3v) is 5.35. The Morgan fingerprint density at radius 3 is 2.72 bits per heavy atom. The van der Waals surface area contributed by atoms with Gasteiger partial charge in [0.2, 0.25) is 0 Å². The van der Waals surface area contributed by atoms with Crippen molar-refractivity contribution in [1.29, 1.82) is 0 Å². The standard InChI is InChI=1S/C20H32N2O3/c1-24-14-13-21-9-11-22(12-10-21)15-18(23)16-25-20-8-4-6-17-5-2-3-7-19(17)20/h2-3,5,7,18,20,23H,4,6,8-16H2,1H3/t18-,20+/m0/s1. The predicted molar refractivity (Wildman–Crippen MR) is 98.8 cm³/mol. The molecule has 0 amide bonds. The van der Waals surface area contributed by atoms with E-state index in [1.165, 1.54) is 17.5 Å². The zero-order chi connectivity index (χ0) is 17.5. The monoisotopic (exact) mass is 348 g/mol. The van der Waals surface area contributed by atoms with Gasteiger partial charge in [0.05, 0.1) is 25.4 Å². The molecule has 1 N–H and O–H groups in total. The third-order valence-electron chi connectivity index (χ3n) is 5.35. The van der Waals surface area contributed by atoms with Crippen molar-refractivity contribution in [2.45, 2.75) is 31.5 Å². The fourth-order valence-electron chi connectivity index (χ4n) is 3.88. The Hall–Kier alpha value is -0.980. The van der Waals surface area contributed by atoms with E-state index in [1.54, 1.807) is 7.11 Å². The van der Waals surface area contributed by atoms with Crippen molar-refractivity contribution in [1.82, 2.24) is 9.80 Å². The van der Waals surface area contributed by atoms with Crippen LogP contribution in [-0.4, -0.2) is 80.6 Å². The average Bonchev–Trinajstić information content (AvgIpc) is 2.66. The lowest BCUT2D eigenvalue weighted by atomic mass is 9.89. The summed E-state index contributed by atoms with van der Waals surface area (Å²) in [6.45, 7) is 7.02. The van der Waals surface area contributed by atoms with E-state index < -0.39 is 6.10 Å². The molecular formula is C20H32N2O3. The molecule has 3 rings (SSSR count). The van der Waals surface area contributed by atoms with E-state index in [9.17, 15) is 5.11 Å². The molecule has 5 nitrogen and oxygen atoms in total. The van der Waals surface area contributed by atoms with Crippen molar-refractivity contribution in [2.24, 2.45) is 0 Å². The summed E-state index contributed by atoms with van der Waals surface area (Å²) in [6, 6.07) is 8.55. The highest BCUT2D eigenvalue weighted by atomic mass is 16.5. The van der Waals surface area contributed by atoms with Gasteiger partial charge in [-0.1, -0.05) is 24.3 Å². The van der Waals surface area contributed by atoms with Crippen LogP contribution in [-0.2, 0) is 15.9 Å². The van der Waals surface area contributed by atoms with Crippen LogP contribution in [0.1, 0.15) is 30.1 Å². The van der Waals surface area contributed by atoms with Gasteiger partial charge in [-0.2, -0.15) is 0 Å². The van der Waals surface area contributed by atoms with E-state index in [4.69, 9.17) is 9.47 Å². The molecule has 1 aliphatic heterocycles. The minimum atomic E-state index is -0.417. The van der Waals surface area contributed by atoms with Crippen molar-refractivity contribution in [3.63, 3.8) is 0 Å². The second-order valence-corrected chi connectivity index (χ2v) is 7.20. The van der Waals surface area contributed by atoms with Crippen LogP contribution in [0.4, 0.5) is 0 Å². The molecule has 0 aromatic heterocycles. The van der Waals surface area contributed by atoms with Gasteiger partial charge in [-0.3, -0.25) is 9.80 Å². The number of hydrogen-bond acceptors (Lipinski definition) is 5. The van der Waals surface area contributed by atoms with Crippen LogP contribution in [0.5, 0.6) is 0 Å². The molecule has 140 valence electrons. The molecule has 0 bridgehead atoms. The molecule has 25 heavy (non-hydrogen) atoms. The number of hydrogen-bond donors (Lipinski definition) is 1. The van der Waals surface area contributed by atoms with Gasteiger partial charge in [0, 0.05) is 46.4 Å². The maximum Gasteiger partial charge on any atom is 0.0900 e. The van der Waals surface area contributed by atoms with E-state index in [1.807, 2.05) is 0 Å². The molecule has 5 heteroatoms. The number of piperazine rings is 1. The summed E-state index contributed by atoms with van der Waals surface area (Å²) in [4.78, 5) is 4.76. The number of methoxy groups -OCH3 is 1. The molecule has 1 aromatic carbocycles. The second kappa shape index (κ2) is 9.64. The Morgan fingerprint density at radius 2 is 1.92 bits per heavy atom. The van der Waals surface area contributed by atoms with Crippen LogP contribution >= 0.6 is 0 Å². The first-order valence-corrected chi connectivity index (χ1v) is 9.57. The summed E-state index contributed by atoms with van der Waals surface area (Å²) in [6.07, 6.45) is 3.10. The number of aryl methyl sites for hydroxylation is 1. The molecule has 1 aromatic rings. The van der Waals surface area contributed by atoms with E-state index in [-0.39, 0.29) is 6.10 Å². The number of benzene rings is 1. The normalized spacial score (nSPS) is 23.4. The first-order chi connectivity index (χ1) is 12.3. The quantitative estimate of drug-likeness (QED) is 0.775. The van der Waals surface area contributed by atoms with Gasteiger partial charge in [0.25, 0.3) is 0 Å². The van der Waals surface area contributed by atoms with Crippen LogP contribution in [0.25, 0.3) is 0 Å². The predicted octanol–water partition coefficient (Wildman–Crippen LogP) is 1.71. The first kappa shape index (κ1) is 18.8. The SMILES string of the molecule is COCCN1CCN(C[C@H](O)CO[C@@H]2CCCc3ccccc32)CC1. The highest BCUT2D eigenvalue weighted by Gasteiger charge is 2.23. The Labute approximate surface area is 151 Å². The zero-order valence-corrected chi connectivity index (χ0v) is 15.4. The second-order valence-electron chi connectivity index (χ2n) is 7.20. The fraction of sp³-hybridized carbons (Fsp3) is 0.700. The van der Waals surface area contributed by atoms with Crippen molar-refractivity contribution in [2.75, 3.05) is 59.6 Å². The highest BCUT2D eigenvalue weighted by Crippen LogP contribution is 2.32. The van der Waals surface area contributed by atoms with Crippen LogP contribution in [0, 0.1) is 0 Å². The summed E-state index contributed by atoms with van der Waals surface area (Å²) in [5, 5.41) is 10.4. The summed E-state index contributed by atoms with van der Waals surface area (Å²) in [5.41, 5.74) is 2.72. The Balaban J connectivity index is 1.39. The number of ether oxygens (including phenoxy) is 2. The van der Waals surface area contributed by atoms with Crippen molar-refractivity contribution in [3.05, 3.63) is 35.4 Å². The van der Waals surface area contributed by atoms with Crippen molar-refractivity contribution < 1.29 is 14.6 Å². The van der Waals surface area contributed by atoms with Crippen LogP contribution in [0.15, 0.2) is 24.3 Å². The minimum Gasteiger partial charge on any atom is -0.389 e. The van der Waals surface area contributed by atoms with E-state index in [2.05, 4.69) is 34.1 Å². The maximum absolute atomic E-state index is 10.4. The Kier molecular flexibility index (Phi) is 7.25. The molecule has 1 saturated heterocycles. The number of aliphatic hydroxyl groups is 1. The van der Waals surface area contributed by atoms with Gasteiger partial charge in [-0.15, -0.1) is 0 Å². The molecule has 2 aliphatic rings. The van der Waals surface area contributed by atoms with Crippen molar-refractivity contribution >= 4 is 0 Å². The van der Waals surface area contributed by atoms with Gasteiger partial charge in [0.15, 0.2) is 0 Å². The molecular weight excluding hydrogens is 316 g/mol. The largest absolute Gasteiger partial charge is 0.389 e. The number of aliphatic hydroxyl groups excluding tert-OH is 1. The van der Waals surface area contributed by atoms with Crippen LogP contribution in [0.3, 0.4) is 0 Å². The average molecular weight is 348 g/mol. The lowest BCUT2D eigenvalue weighted by molar-refractivity contribution is -0.0327.